The molecule has 0 radical (unpaired) electrons. The van der Waals surface area contributed by atoms with Crippen molar-refractivity contribution in [3.8, 4) is 0 Å². The van der Waals surface area contributed by atoms with Gasteiger partial charge in [-0.05, 0) is 37.0 Å². The molecule has 1 aliphatic heterocycles. The van der Waals surface area contributed by atoms with Gasteiger partial charge in [-0.3, -0.25) is 0 Å². The first-order valence-electron chi connectivity index (χ1n) is 6.26. The Labute approximate surface area is 114 Å². The zero-order valence-corrected chi connectivity index (χ0v) is 12.0. The lowest BCUT2D eigenvalue weighted by atomic mass is 10.2. The molecule has 5 heteroatoms. The second-order valence-electron chi connectivity index (χ2n) is 4.56. The fraction of sp³-hybridized carbons (Fsp3) is 0.538. The summed E-state index contributed by atoms with van der Waals surface area (Å²) in [5.74, 6) is 0.367. The minimum absolute atomic E-state index is 0.0532. The maximum Gasteiger partial charge on any atom is 0.243 e. The molecule has 1 aromatic carbocycles. The van der Waals surface area contributed by atoms with Crippen LogP contribution in [-0.2, 0) is 16.4 Å². The first-order valence-corrected chi connectivity index (χ1v) is 8.23. The quantitative estimate of drug-likeness (QED) is 0.799. The van der Waals surface area contributed by atoms with Crippen molar-refractivity contribution in [1.29, 1.82) is 0 Å². The van der Waals surface area contributed by atoms with E-state index < -0.39 is 10.0 Å². The Morgan fingerprint density at radius 1 is 1.33 bits per heavy atom. The predicted molar refractivity (Wildman–Crippen MR) is 73.5 cm³/mol. The van der Waals surface area contributed by atoms with E-state index in [4.69, 9.17) is 11.6 Å². The van der Waals surface area contributed by atoms with Crippen LogP contribution in [0.5, 0.6) is 0 Å². The third-order valence-electron chi connectivity index (χ3n) is 3.44. The molecule has 0 aromatic heterocycles. The normalized spacial score (nSPS) is 21.3. The Hall–Kier alpha value is -0.580. The minimum atomic E-state index is -3.38. The van der Waals surface area contributed by atoms with Crippen molar-refractivity contribution in [2.24, 2.45) is 0 Å². The Bertz CT molecular complexity index is 498. The summed E-state index contributed by atoms with van der Waals surface area (Å²) in [5, 5.41) is 0. The van der Waals surface area contributed by atoms with Crippen molar-refractivity contribution in [3.05, 3.63) is 29.8 Å². The molecule has 0 unspecified atom stereocenters. The minimum Gasteiger partial charge on any atom is -0.207 e. The van der Waals surface area contributed by atoms with E-state index in [1.807, 2.05) is 19.1 Å². The summed E-state index contributed by atoms with van der Waals surface area (Å²) >= 11 is 5.84. The summed E-state index contributed by atoms with van der Waals surface area (Å²) in [6.45, 7) is 2.63. The van der Waals surface area contributed by atoms with Crippen LogP contribution in [0.15, 0.2) is 29.2 Å². The third-order valence-corrected chi connectivity index (χ3v) is 5.76. The van der Waals surface area contributed by atoms with E-state index in [1.165, 1.54) is 0 Å². The molecule has 0 aliphatic carbocycles. The van der Waals surface area contributed by atoms with Gasteiger partial charge in [0.25, 0.3) is 0 Å². The highest BCUT2D eigenvalue weighted by molar-refractivity contribution is 7.89. The van der Waals surface area contributed by atoms with Crippen LogP contribution in [0.2, 0.25) is 0 Å². The maximum absolute atomic E-state index is 12.5. The van der Waals surface area contributed by atoms with E-state index in [0.29, 0.717) is 17.3 Å². The van der Waals surface area contributed by atoms with E-state index in [2.05, 4.69) is 0 Å². The van der Waals surface area contributed by atoms with E-state index in [1.54, 1.807) is 16.4 Å². The molecule has 0 amide bonds. The van der Waals surface area contributed by atoms with Crippen LogP contribution in [-0.4, -0.2) is 31.2 Å². The molecule has 0 saturated carbocycles. The summed E-state index contributed by atoms with van der Waals surface area (Å²) in [7, 11) is -3.38. The molecule has 1 atom stereocenters. The molecular weight excluding hydrogens is 270 g/mol. The van der Waals surface area contributed by atoms with Crippen LogP contribution in [0.3, 0.4) is 0 Å². The van der Waals surface area contributed by atoms with Gasteiger partial charge >= 0.3 is 0 Å². The number of rotatable bonds is 4. The van der Waals surface area contributed by atoms with Gasteiger partial charge in [-0.1, -0.05) is 19.1 Å². The molecule has 3 nitrogen and oxygen atoms in total. The van der Waals surface area contributed by atoms with Crippen molar-refractivity contribution >= 4 is 21.6 Å². The van der Waals surface area contributed by atoms with Gasteiger partial charge in [0, 0.05) is 18.5 Å². The highest BCUT2D eigenvalue weighted by atomic mass is 35.5. The predicted octanol–water partition coefficient (Wildman–Crippen LogP) is 2.64. The fourth-order valence-corrected chi connectivity index (χ4v) is 4.41. The van der Waals surface area contributed by atoms with Crippen LogP contribution in [0.4, 0.5) is 0 Å². The SMILES string of the molecule is CCc1ccc(S(=O)(=O)N2CCC[C@H]2CCl)cc1. The first-order chi connectivity index (χ1) is 8.59. The van der Waals surface area contributed by atoms with E-state index >= 15 is 0 Å². The zero-order chi connectivity index (χ0) is 13.2. The largest absolute Gasteiger partial charge is 0.243 e. The van der Waals surface area contributed by atoms with E-state index in [-0.39, 0.29) is 6.04 Å². The van der Waals surface area contributed by atoms with E-state index in [9.17, 15) is 8.42 Å². The summed E-state index contributed by atoms with van der Waals surface area (Å²) in [5.41, 5.74) is 1.14. The number of hydrogen-bond acceptors (Lipinski definition) is 2. The van der Waals surface area contributed by atoms with Gasteiger partial charge in [0.05, 0.1) is 4.90 Å². The maximum atomic E-state index is 12.5. The molecular formula is C13H18ClNO2S. The van der Waals surface area contributed by atoms with Gasteiger partial charge in [0.2, 0.25) is 10.0 Å². The molecule has 1 saturated heterocycles. The van der Waals surface area contributed by atoms with Gasteiger partial charge in [-0.15, -0.1) is 11.6 Å². The molecule has 0 bridgehead atoms. The molecule has 1 fully saturated rings. The monoisotopic (exact) mass is 287 g/mol. The van der Waals surface area contributed by atoms with Crippen LogP contribution in [0.25, 0.3) is 0 Å². The molecule has 2 rings (SSSR count). The molecule has 0 spiro atoms. The molecule has 100 valence electrons. The Balaban J connectivity index is 2.29. The Morgan fingerprint density at radius 3 is 2.56 bits per heavy atom. The summed E-state index contributed by atoms with van der Waals surface area (Å²) in [6.07, 6.45) is 2.66. The second-order valence-corrected chi connectivity index (χ2v) is 6.76. The van der Waals surface area contributed by atoms with Crippen LogP contribution in [0, 0.1) is 0 Å². The van der Waals surface area contributed by atoms with Crippen molar-refractivity contribution in [2.75, 3.05) is 12.4 Å². The first kappa shape index (κ1) is 13.8. The van der Waals surface area contributed by atoms with Gasteiger partial charge in [0.15, 0.2) is 0 Å². The van der Waals surface area contributed by atoms with Crippen molar-refractivity contribution in [3.63, 3.8) is 0 Å². The number of sulfonamides is 1. The second kappa shape index (κ2) is 5.59. The molecule has 1 aliphatic rings. The highest BCUT2D eigenvalue weighted by Crippen LogP contribution is 2.26. The average molecular weight is 288 g/mol. The van der Waals surface area contributed by atoms with E-state index in [0.717, 1.165) is 24.8 Å². The number of nitrogens with zero attached hydrogens (tertiary/aromatic N) is 1. The molecule has 18 heavy (non-hydrogen) atoms. The van der Waals surface area contributed by atoms with Crippen LogP contribution >= 0.6 is 11.6 Å². The molecule has 1 heterocycles. The van der Waals surface area contributed by atoms with Gasteiger partial charge in [-0.2, -0.15) is 4.31 Å². The lowest BCUT2D eigenvalue weighted by Gasteiger charge is -2.22. The van der Waals surface area contributed by atoms with Gasteiger partial charge < -0.3 is 0 Å². The standard InChI is InChI=1S/C13H18ClNO2S/c1-2-11-5-7-13(8-6-11)18(16,17)15-9-3-4-12(15)10-14/h5-8,12H,2-4,9-10H2,1H3/t12-/m0/s1. The Kier molecular flexibility index (Phi) is 4.30. The lowest BCUT2D eigenvalue weighted by molar-refractivity contribution is 0.411. The third kappa shape index (κ3) is 2.56. The van der Waals surface area contributed by atoms with Crippen LogP contribution in [0.1, 0.15) is 25.3 Å². The average Bonchev–Trinajstić information content (AvgIpc) is 2.88. The number of benzene rings is 1. The number of hydrogen-bond donors (Lipinski definition) is 0. The van der Waals surface area contributed by atoms with Crippen molar-refractivity contribution < 1.29 is 8.42 Å². The lowest BCUT2D eigenvalue weighted by Crippen LogP contribution is -2.36. The fourth-order valence-electron chi connectivity index (χ4n) is 2.31. The summed E-state index contributed by atoms with van der Waals surface area (Å²) in [4.78, 5) is 0.372. The van der Waals surface area contributed by atoms with Crippen LogP contribution < -0.4 is 0 Å². The smallest absolute Gasteiger partial charge is 0.207 e. The van der Waals surface area contributed by atoms with Gasteiger partial charge in [-0.25, -0.2) is 8.42 Å². The number of aryl methyl sites for hydroxylation is 1. The van der Waals surface area contributed by atoms with Crippen molar-refractivity contribution in [2.45, 2.75) is 37.1 Å². The topological polar surface area (TPSA) is 37.4 Å². The highest BCUT2D eigenvalue weighted by Gasteiger charge is 2.34. The molecule has 0 N–H and O–H groups in total. The van der Waals surface area contributed by atoms with Crippen molar-refractivity contribution in [1.82, 2.24) is 4.31 Å². The Morgan fingerprint density at radius 2 is 2.00 bits per heavy atom. The van der Waals surface area contributed by atoms with Gasteiger partial charge in [0.1, 0.15) is 0 Å². The number of halogens is 1. The summed E-state index contributed by atoms with van der Waals surface area (Å²) in [6, 6.07) is 7.08. The zero-order valence-electron chi connectivity index (χ0n) is 10.5. The molecule has 1 aromatic rings. The number of alkyl halides is 1. The summed E-state index contributed by atoms with van der Waals surface area (Å²) < 4.78 is 26.5.